The largest absolute Gasteiger partial charge is 0.358 e. The van der Waals surface area contributed by atoms with Crippen LogP contribution in [0.3, 0.4) is 0 Å². The Morgan fingerprint density at radius 1 is 0.800 bits per heavy atom. The molecule has 0 unspecified atom stereocenters. The quantitative estimate of drug-likeness (QED) is 0.440. The third kappa shape index (κ3) is 3.42. The second kappa shape index (κ2) is 7.79. The zero-order chi connectivity index (χ0) is 20.3. The molecule has 3 aromatic carbocycles. The molecule has 5 rings (SSSR count). The average Bonchev–Trinajstić information content (AvgIpc) is 3.24. The van der Waals surface area contributed by atoms with Gasteiger partial charge in [0.2, 0.25) is 0 Å². The molecule has 0 aliphatic rings. The fourth-order valence-corrected chi connectivity index (χ4v) is 3.69. The summed E-state index contributed by atoms with van der Waals surface area (Å²) >= 11 is 0. The molecular formula is C25H21N5. The number of nitrogens with one attached hydrogen (secondary N) is 1. The van der Waals surface area contributed by atoms with Crippen LogP contribution in [0.4, 0.5) is 5.82 Å². The van der Waals surface area contributed by atoms with Gasteiger partial charge in [-0.25, -0.2) is 14.6 Å². The summed E-state index contributed by atoms with van der Waals surface area (Å²) in [6, 6.07) is 29.0. The van der Waals surface area contributed by atoms with E-state index in [4.69, 9.17) is 0 Å². The molecule has 0 bridgehead atoms. The van der Waals surface area contributed by atoms with Gasteiger partial charge in [-0.3, -0.25) is 0 Å². The topological polar surface area (TPSA) is 55.6 Å². The van der Waals surface area contributed by atoms with E-state index in [1.807, 2.05) is 35.1 Å². The van der Waals surface area contributed by atoms with Crippen LogP contribution in [0.25, 0.3) is 16.7 Å². The molecule has 0 amide bonds. The van der Waals surface area contributed by atoms with Gasteiger partial charge in [0.15, 0.2) is 5.65 Å². The predicted octanol–water partition coefficient (Wildman–Crippen LogP) is 5.33. The minimum Gasteiger partial charge on any atom is -0.358 e. The van der Waals surface area contributed by atoms with Gasteiger partial charge in [0.1, 0.15) is 12.1 Å². The molecule has 0 saturated carbocycles. The molecule has 0 aliphatic heterocycles. The minimum atomic E-state index is -0.0344. The Hall–Kier alpha value is -3.99. The number of fused-ring (bicyclic) bond motifs is 1. The molecule has 30 heavy (non-hydrogen) atoms. The molecule has 0 saturated heterocycles. The van der Waals surface area contributed by atoms with Crippen molar-refractivity contribution in [3.8, 4) is 5.69 Å². The van der Waals surface area contributed by atoms with Gasteiger partial charge in [0.05, 0.1) is 23.3 Å². The summed E-state index contributed by atoms with van der Waals surface area (Å²) in [5.41, 5.74) is 5.27. The van der Waals surface area contributed by atoms with Crippen molar-refractivity contribution >= 4 is 16.9 Å². The number of nitrogens with zero attached hydrogens (tertiary/aromatic N) is 4. The normalized spacial score (nSPS) is 11.1. The van der Waals surface area contributed by atoms with Gasteiger partial charge in [-0.2, -0.15) is 5.10 Å². The van der Waals surface area contributed by atoms with E-state index >= 15 is 0 Å². The molecule has 2 heterocycles. The highest BCUT2D eigenvalue weighted by atomic mass is 15.3. The number of hydrogen-bond acceptors (Lipinski definition) is 4. The van der Waals surface area contributed by atoms with E-state index in [0.717, 1.165) is 22.5 Å². The lowest BCUT2D eigenvalue weighted by molar-refractivity contribution is 0.892. The summed E-state index contributed by atoms with van der Waals surface area (Å²) in [4.78, 5) is 9.06. The third-order valence-electron chi connectivity index (χ3n) is 5.16. The highest BCUT2D eigenvalue weighted by Crippen LogP contribution is 2.29. The second-order valence-electron chi connectivity index (χ2n) is 7.25. The van der Waals surface area contributed by atoms with Gasteiger partial charge in [0, 0.05) is 0 Å². The van der Waals surface area contributed by atoms with Gasteiger partial charge >= 0.3 is 0 Å². The number of aryl methyl sites for hydroxylation is 1. The van der Waals surface area contributed by atoms with Crippen molar-refractivity contribution in [3.05, 3.63) is 114 Å². The van der Waals surface area contributed by atoms with Crippen LogP contribution in [-0.2, 0) is 0 Å². The lowest BCUT2D eigenvalue weighted by Crippen LogP contribution is -2.13. The van der Waals surface area contributed by atoms with Crippen molar-refractivity contribution in [1.82, 2.24) is 19.7 Å². The van der Waals surface area contributed by atoms with E-state index in [1.165, 1.54) is 16.7 Å². The fourth-order valence-electron chi connectivity index (χ4n) is 3.69. The van der Waals surface area contributed by atoms with E-state index in [9.17, 15) is 0 Å². The Kier molecular flexibility index (Phi) is 4.69. The molecule has 0 spiro atoms. The Morgan fingerprint density at radius 3 is 2.17 bits per heavy atom. The van der Waals surface area contributed by atoms with Crippen molar-refractivity contribution in [1.29, 1.82) is 0 Å². The average molecular weight is 391 g/mol. The summed E-state index contributed by atoms with van der Waals surface area (Å²) in [5, 5.41) is 9.11. The van der Waals surface area contributed by atoms with Crippen molar-refractivity contribution < 1.29 is 0 Å². The summed E-state index contributed by atoms with van der Waals surface area (Å²) in [5.74, 6) is 0.761. The first-order valence-corrected chi connectivity index (χ1v) is 9.92. The van der Waals surface area contributed by atoms with E-state index in [1.54, 1.807) is 6.33 Å². The fraction of sp³-hybridized carbons (Fsp3) is 0.0800. The van der Waals surface area contributed by atoms with Crippen LogP contribution >= 0.6 is 0 Å². The maximum Gasteiger partial charge on any atom is 0.168 e. The van der Waals surface area contributed by atoms with Crippen LogP contribution in [0, 0.1) is 6.92 Å². The third-order valence-corrected chi connectivity index (χ3v) is 5.16. The maximum absolute atomic E-state index is 4.59. The number of hydrogen-bond donors (Lipinski definition) is 1. The van der Waals surface area contributed by atoms with Crippen LogP contribution in [0.2, 0.25) is 0 Å². The summed E-state index contributed by atoms with van der Waals surface area (Å²) in [6.07, 6.45) is 3.42. The molecular weight excluding hydrogens is 370 g/mol. The lowest BCUT2D eigenvalue weighted by Gasteiger charge is -2.20. The first-order chi connectivity index (χ1) is 14.8. The SMILES string of the molecule is Cc1cccc(-n2ncc3c(NC(c4ccccc4)c4ccccc4)ncnc32)c1. The van der Waals surface area contributed by atoms with Crippen LogP contribution < -0.4 is 5.32 Å². The molecule has 0 atom stereocenters. The summed E-state index contributed by atoms with van der Waals surface area (Å²) in [6.45, 7) is 2.07. The van der Waals surface area contributed by atoms with Crippen molar-refractivity contribution in [3.63, 3.8) is 0 Å². The summed E-state index contributed by atoms with van der Waals surface area (Å²) in [7, 11) is 0. The minimum absolute atomic E-state index is 0.0344. The predicted molar refractivity (Wildman–Crippen MR) is 120 cm³/mol. The number of rotatable bonds is 5. The van der Waals surface area contributed by atoms with Gasteiger partial charge in [0.25, 0.3) is 0 Å². The monoisotopic (exact) mass is 391 g/mol. The highest BCUT2D eigenvalue weighted by molar-refractivity contribution is 5.87. The Balaban J connectivity index is 1.59. The number of anilines is 1. The number of aromatic nitrogens is 4. The van der Waals surface area contributed by atoms with Crippen LogP contribution in [0.5, 0.6) is 0 Å². The second-order valence-corrected chi connectivity index (χ2v) is 7.25. The van der Waals surface area contributed by atoms with E-state index in [2.05, 4.69) is 88.0 Å². The standard InChI is InChI=1S/C25H21N5/c1-18-9-8-14-21(15-18)30-25-22(16-28-30)24(26-17-27-25)29-23(19-10-4-2-5-11-19)20-12-6-3-7-13-20/h2-17,23H,1H3,(H,26,27,29). The van der Waals surface area contributed by atoms with Crippen LogP contribution in [0.1, 0.15) is 22.7 Å². The lowest BCUT2D eigenvalue weighted by atomic mass is 9.98. The van der Waals surface area contributed by atoms with Crippen molar-refractivity contribution in [2.24, 2.45) is 0 Å². The first-order valence-electron chi connectivity index (χ1n) is 9.92. The number of benzene rings is 3. The first kappa shape index (κ1) is 18.1. The van der Waals surface area contributed by atoms with Gasteiger partial charge < -0.3 is 5.32 Å². The molecule has 0 radical (unpaired) electrons. The molecule has 2 aromatic heterocycles. The van der Waals surface area contributed by atoms with Crippen molar-refractivity contribution in [2.45, 2.75) is 13.0 Å². The molecule has 5 aromatic rings. The summed E-state index contributed by atoms with van der Waals surface area (Å²) < 4.78 is 1.86. The molecule has 146 valence electrons. The van der Waals surface area contributed by atoms with E-state index < -0.39 is 0 Å². The smallest absolute Gasteiger partial charge is 0.168 e. The molecule has 5 nitrogen and oxygen atoms in total. The van der Waals surface area contributed by atoms with Gasteiger partial charge in [-0.1, -0.05) is 72.8 Å². The van der Waals surface area contributed by atoms with Crippen LogP contribution in [-0.4, -0.2) is 19.7 Å². The van der Waals surface area contributed by atoms with Gasteiger partial charge in [-0.05, 0) is 35.7 Å². The molecule has 0 aliphatic carbocycles. The van der Waals surface area contributed by atoms with Crippen molar-refractivity contribution in [2.75, 3.05) is 5.32 Å². The molecule has 0 fully saturated rings. The van der Waals surface area contributed by atoms with E-state index in [0.29, 0.717) is 0 Å². The van der Waals surface area contributed by atoms with Crippen LogP contribution in [0.15, 0.2) is 97.5 Å². The molecule has 5 heteroatoms. The van der Waals surface area contributed by atoms with Gasteiger partial charge in [-0.15, -0.1) is 0 Å². The Morgan fingerprint density at radius 2 is 1.50 bits per heavy atom. The zero-order valence-corrected chi connectivity index (χ0v) is 16.6. The Labute approximate surface area is 175 Å². The highest BCUT2D eigenvalue weighted by Gasteiger charge is 2.18. The molecule has 1 N–H and O–H groups in total. The Bertz CT molecular complexity index is 1240. The maximum atomic E-state index is 4.59. The zero-order valence-electron chi connectivity index (χ0n) is 16.6. The van der Waals surface area contributed by atoms with E-state index in [-0.39, 0.29) is 6.04 Å².